The van der Waals surface area contributed by atoms with Crippen molar-refractivity contribution in [3.8, 4) is 0 Å². The average Bonchev–Trinajstić information content (AvgIpc) is 2.67. The van der Waals surface area contributed by atoms with Gasteiger partial charge in [0.2, 0.25) is 0 Å². The second kappa shape index (κ2) is 8.92. The molecule has 0 atom stereocenters. The standard InChI is InChI=1S/C20H24ClN3O2/c1-2-23(15-16-6-4-3-5-7-16)20(25)22-18-14-17(21)8-9-19(18)24-10-12-26-13-11-24/h3-9,14H,2,10-13,15H2,1H3,(H,22,25). The van der Waals surface area contributed by atoms with Gasteiger partial charge in [-0.1, -0.05) is 41.9 Å². The van der Waals surface area contributed by atoms with Crippen molar-refractivity contribution in [2.24, 2.45) is 0 Å². The minimum Gasteiger partial charge on any atom is -0.378 e. The Morgan fingerprint density at radius 1 is 1.19 bits per heavy atom. The van der Waals surface area contributed by atoms with E-state index in [-0.39, 0.29) is 6.03 Å². The Balaban J connectivity index is 1.75. The molecule has 1 aliphatic heterocycles. The maximum Gasteiger partial charge on any atom is 0.322 e. The molecule has 2 aromatic rings. The Morgan fingerprint density at radius 2 is 1.92 bits per heavy atom. The largest absolute Gasteiger partial charge is 0.378 e. The van der Waals surface area contributed by atoms with Gasteiger partial charge in [0.25, 0.3) is 0 Å². The molecule has 0 saturated carbocycles. The molecule has 0 spiro atoms. The number of rotatable bonds is 5. The number of carbonyl (C=O) groups excluding carboxylic acids is 1. The number of halogens is 1. The average molecular weight is 374 g/mol. The van der Waals surface area contributed by atoms with Crippen molar-refractivity contribution >= 4 is 29.0 Å². The minimum atomic E-state index is -0.131. The molecular weight excluding hydrogens is 350 g/mol. The SMILES string of the molecule is CCN(Cc1ccccc1)C(=O)Nc1cc(Cl)ccc1N1CCOCC1. The van der Waals surface area contributed by atoms with E-state index in [0.717, 1.165) is 30.0 Å². The van der Waals surface area contributed by atoms with E-state index in [1.54, 1.807) is 11.0 Å². The van der Waals surface area contributed by atoms with Crippen LogP contribution in [0.3, 0.4) is 0 Å². The normalized spacial score (nSPS) is 14.2. The molecule has 0 aliphatic carbocycles. The summed E-state index contributed by atoms with van der Waals surface area (Å²) in [6.45, 7) is 6.13. The van der Waals surface area contributed by atoms with Crippen LogP contribution >= 0.6 is 11.6 Å². The summed E-state index contributed by atoms with van der Waals surface area (Å²) in [5.41, 5.74) is 2.81. The van der Waals surface area contributed by atoms with Gasteiger partial charge in [0.15, 0.2) is 0 Å². The number of amides is 2. The lowest BCUT2D eigenvalue weighted by Crippen LogP contribution is -2.38. The van der Waals surface area contributed by atoms with Crippen molar-refractivity contribution in [3.63, 3.8) is 0 Å². The zero-order valence-corrected chi connectivity index (χ0v) is 15.7. The first-order chi connectivity index (χ1) is 12.7. The predicted molar refractivity (Wildman–Crippen MR) is 106 cm³/mol. The fourth-order valence-electron chi connectivity index (χ4n) is 3.01. The molecule has 1 N–H and O–H groups in total. The number of benzene rings is 2. The number of hydrogen-bond donors (Lipinski definition) is 1. The first kappa shape index (κ1) is 18.5. The van der Waals surface area contributed by atoms with Crippen LogP contribution in [0.15, 0.2) is 48.5 Å². The molecule has 0 aromatic heterocycles. The van der Waals surface area contributed by atoms with Gasteiger partial charge in [0.05, 0.1) is 24.6 Å². The second-order valence-corrected chi connectivity index (χ2v) is 6.63. The van der Waals surface area contributed by atoms with Gasteiger partial charge in [-0.2, -0.15) is 0 Å². The zero-order valence-electron chi connectivity index (χ0n) is 15.0. The smallest absolute Gasteiger partial charge is 0.322 e. The molecule has 0 unspecified atom stereocenters. The van der Waals surface area contributed by atoms with E-state index < -0.39 is 0 Å². The third-order valence-electron chi connectivity index (χ3n) is 4.44. The van der Waals surface area contributed by atoms with E-state index in [1.807, 2.05) is 49.4 Å². The molecule has 2 aromatic carbocycles. The minimum absolute atomic E-state index is 0.131. The van der Waals surface area contributed by atoms with E-state index in [2.05, 4.69) is 10.2 Å². The van der Waals surface area contributed by atoms with Crippen LogP contribution in [-0.4, -0.2) is 43.8 Å². The summed E-state index contributed by atoms with van der Waals surface area (Å²) < 4.78 is 5.42. The van der Waals surface area contributed by atoms with Gasteiger partial charge in [-0.15, -0.1) is 0 Å². The molecule has 138 valence electrons. The third kappa shape index (κ3) is 4.68. The molecule has 2 amide bonds. The highest BCUT2D eigenvalue weighted by molar-refractivity contribution is 6.31. The van der Waals surface area contributed by atoms with Crippen LogP contribution in [0.4, 0.5) is 16.2 Å². The van der Waals surface area contributed by atoms with Crippen molar-refractivity contribution in [2.45, 2.75) is 13.5 Å². The van der Waals surface area contributed by atoms with Crippen LogP contribution in [0, 0.1) is 0 Å². The first-order valence-electron chi connectivity index (χ1n) is 8.89. The summed E-state index contributed by atoms with van der Waals surface area (Å²) in [6, 6.07) is 15.5. The molecule has 1 heterocycles. The summed E-state index contributed by atoms with van der Waals surface area (Å²) in [5, 5.41) is 3.64. The predicted octanol–water partition coefficient (Wildman–Crippen LogP) is 4.23. The van der Waals surface area contributed by atoms with Crippen molar-refractivity contribution in [1.29, 1.82) is 0 Å². The summed E-state index contributed by atoms with van der Waals surface area (Å²) >= 11 is 6.17. The van der Waals surface area contributed by atoms with Gasteiger partial charge in [-0.25, -0.2) is 4.79 Å². The van der Waals surface area contributed by atoms with Crippen LogP contribution in [0.2, 0.25) is 5.02 Å². The van der Waals surface area contributed by atoms with E-state index in [0.29, 0.717) is 31.3 Å². The number of morpholine rings is 1. The second-order valence-electron chi connectivity index (χ2n) is 6.19. The van der Waals surface area contributed by atoms with E-state index in [1.165, 1.54) is 0 Å². The maximum absolute atomic E-state index is 12.8. The van der Waals surface area contributed by atoms with E-state index in [4.69, 9.17) is 16.3 Å². The van der Waals surface area contributed by atoms with E-state index in [9.17, 15) is 4.79 Å². The molecule has 1 fully saturated rings. The molecule has 0 radical (unpaired) electrons. The topological polar surface area (TPSA) is 44.8 Å². The number of carbonyl (C=O) groups is 1. The highest BCUT2D eigenvalue weighted by Crippen LogP contribution is 2.30. The number of anilines is 2. The van der Waals surface area contributed by atoms with E-state index >= 15 is 0 Å². The molecule has 5 nitrogen and oxygen atoms in total. The number of hydrogen-bond acceptors (Lipinski definition) is 3. The zero-order chi connectivity index (χ0) is 18.4. The number of ether oxygens (including phenoxy) is 1. The maximum atomic E-state index is 12.8. The highest BCUT2D eigenvalue weighted by atomic mass is 35.5. The van der Waals surface area contributed by atoms with Crippen LogP contribution in [0.1, 0.15) is 12.5 Å². The highest BCUT2D eigenvalue weighted by Gasteiger charge is 2.19. The monoisotopic (exact) mass is 373 g/mol. The lowest BCUT2D eigenvalue weighted by Gasteiger charge is -2.31. The van der Waals surface area contributed by atoms with Crippen LogP contribution in [-0.2, 0) is 11.3 Å². The number of nitrogens with zero attached hydrogens (tertiary/aromatic N) is 2. The lowest BCUT2D eigenvalue weighted by atomic mass is 10.2. The van der Waals surface area contributed by atoms with Gasteiger partial charge >= 0.3 is 6.03 Å². The summed E-state index contributed by atoms with van der Waals surface area (Å²) in [6.07, 6.45) is 0. The lowest BCUT2D eigenvalue weighted by molar-refractivity contribution is 0.123. The van der Waals surface area contributed by atoms with Crippen molar-refractivity contribution < 1.29 is 9.53 Å². The van der Waals surface area contributed by atoms with Gasteiger partial charge < -0.3 is 19.9 Å². The third-order valence-corrected chi connectivity index (χ3v) is 4.67. The number of nitrogens with one attached hydrogen (secondary N) is 1. The molecule has 1 saturated heterocycles. The van der Waals surface area contributed by atoms with Crippen LogP contribution in [0.5, 0.6) is 0 Å². The summed E-state index contributed by atoms with van der Waals surface area (Å²) in [5.74, 6) is 0. The quantitative estimate of drug-likeness (QED) is 0.852. The van der Waals surface area contributed by atoms with Gasteiger partial charge in [0, 0.05) is 31.2 Å². The fourth-order valence-corrected chi connectivity index (χ4v) is 3.19. The Hall–Kier alpha value is -2.24. The Bertz CT molecular complexity index is 733. The van der Waals surface area contributed by atoms with Crippen LogP contribution in [0.25, 0.3) is 0 Å². The Kier molecular flexibility index (Phi) is 6.36. The molecule has 0 bridgehead atoms. The molecule has 1 aliphatic rings. The van der Waals surface area contributed by atoms with Gasteiger partial charge in [-0.3, -0.25) is 0 Å². The molecule has 26 heavy (non-hydrogen) atoms. The fraction of sp³-hybridized carbons (Fsp3) is 0.350. The first-order valence-corrected chi connectivity index (χ1v) is 9.27. The van der Waals surface area contributed by atoms with Crippen molar-refractivity contribution in [1.82, 2.24) is 4.90 Å². The van der Waals surface area contributed by atoms with Crippen LogP contribution < -0.4 is 10.2 Å². The molecular formula is C20H24ClN3O2. The summed E-state index contributed by atoms with van der Waals surface area (Å²) in [4.78, 5) is 16.8. The Labute approximate surface area is 159 Å². The molecule has 3 rings (SSSR count). The van der Waals surface area contributed by atoms with Crippen molar-refractivity contribution in [2.75, 3.05) is 43.1 Å². The van der Waals surface area contributed by atoms with Gasteiger partial charge in [-0.05, 0) is 30.7 Å². The Morgan fingerprint density at radius 3 is 2.62 bits per heavy atom. The molecule has 6 heteroatoms. The number of urea groups is 1. The summed E-state index contributed by atoms with van der Waals surface area (Å²) in [7, 11) is 0. The van der Waals surface area contributed by atoms with Crippen molar-refractivity contribution in [3.05, 3.63) is 59.1 Å². The van der Waals surface area contributed by atoms with Gasteiger partial charge in [0.1, 0.15) is 0 Å².